The third kappa shape index (κ3) is 5.29. The first-order valence-electron chi connectivity index (χ1n) is 10.6. The standard InChI is InChI=1S/C24H32N2O3S/c1-19(17-24(2,3)21-12-6-4-7-13-21)25-23(27)20-11-10-16-26(18-20)30(28,29)22-14-8-5-9-15-22/h4-9,12-15,19-20H,10-11,16-18H2,1-3H3,(H,25,27)/t19-,20+/m0/s1. The van der Waals surface area contributed by atoms with Gasteiger partial charge in [0.2, 0.25) is 15.9 Å². The molecule has 1 heterocycles. The molecule has 5 nitrogen and oxygen atoms in total. The average molecular weight is 429 g/mol. The van der Waals surface area contributed by atoms with E-state index in [0.717, 1.165) is 6.42 Å². The molecular formula is C24H32N2O3S. The molecule has 0 bridgehead atoms. The molecule has 0 spiro atoms. The molecule has 2 atom stereocenters. The first kappa shape index (κ1) is 22.5. The molecule has 1 N–H and O–H groups in total. The van der Waals surface area contributed by atoms with Crippen molar-refractivity contribution in [1.82, 2.24) is 9.62 Å². The van der Waals surface area contributed by atoms with Crippen LogP contribution in [0, 0.1) is 5.92 Å². The zero-order chi connectivity index (χ0) is 21.8. The molecule has 1 saturated heterocycles. The van der Waals surface area contributed by atoms with Gasteiger partial charge in [0.05, 0.1) is 10.8 Å². The second-order valence-electron chi connectivity index (χ2n) is 8.88. The molecule has 2 aromatic carbocycles. The second-order valence-corrected chi connectivity index (χ2v) is 10.8. The van der Waals surface area contributed by atoms with Gasteiger partial charge in [-0.1, -0.05) is 62.4 Å². The summed E-state index contributed by atoms with van der Waals surface area (Å²) in [7, 11) is -3.57. The van der Waals surface area contributed by atoms with Gasteiger partial charge in [-0.2, -0.15) is 4.31 Å². The van der Waals surface area contributed by atoms with Crippen LogP contribution >= 0.6 is 0 Å². The van der Waals surface area contributed by atoms with Crippen LogP contribution in [0.25, 0.3) is 0 Å². The molecule has 0 radical (unpaired) electrons. The number of carbonyl (C=O) groups is 1. The highest BCUT2D eigenvalue weighted by molar-refractivity contribution is 7.89. The number of hydrogen-bond donors (Lipinski definition) is 1. The van der Waals surface area contributed by atoms with E-state index in [0.29, 0.717) is 19.4 Å². The van der Waals surface area contributed by atoms with Crippen LogP contribution in [0.5, 0.6) is 0 Å². The zero-order valence-corrected chi connectivity index (χ0v) is 18.9. The van der Waals surface area contributed by atoms with Gasteiger partial charge < -0.3 is 5.32 Å². The fraction of sp³-hybridized carbons (Fsp3) is 0.458. The Bertz CT molecular complexity index is 943. The Hall–Kier alpha value is -2.18. The minimum atomic E-state index is -3.57. The fourth-order valence-corrected chi connectivity index (χ4v) is 5.85. The highest BCUT2D eigenvalue weighted by atomic mass is 32.2. The van der Waals surface area contributed by atoms with E-state index in [1.165, 1.54) is 9.87 Å². The van der Waals surface area contributed by atoms with Crippen LogP contribution in [0.2, 0.25) is 0 Å². The van der Waals surface area contributed by atoms with Gasteiger partial charge in [0.15, 0.2) is 0 Å². The fourth-order valence-electron chi connectivity index (χ4n) is 4.30. The second kappa shape index (κ2) is 9.31. The van der Waals surface area contributed by atoms with E-state index in [-0.39, 0.29) is 34.7 Å². The number of piperidine rings is 1. The molecule has 1 fully saturated rings. The van der Waals surface area contributed by atoms with Gasteiger partial charge in [-0.15, -0.1) is 0 Å². The Morgan fingerprint density at radius 1 is 1.10 bits per heavy atom. The Morgan fingerprint density at radius 3 is 2.33 bits per heavy atom. The molecular weight excluding hydrogens is 396 g/mol. The van der Waals surface area contributed by atoms with Crippen molar-refractivity contribution in [3.05, 3.63) is 66.2 Å². The lowest BCUT2D eigenvalue weighted by molar-refractivity contribution is -0.126. The normalized spacial score (nSPS) is 19.2. The number of nitrogens with one attached hydrogen (secondary N) is 1. The smallest absolute Gasteiger partial charge is 0.243 e. The third-order valence-corrected chi connectivity index (χ3v) is 7.78. The van der Waals surface area contributed by atoms with E-state index in [9.17, 15) is 13.2 Å². The van der Waals surface area contributed by atoms with Crippen molar-refractivity contribution in [2.45, 2.75) is 56.4 Å². The van der Waals surface area contributed by atoms with E-state index in [4.69, 9.17) is 0 Å². The van der Waals surface area contributed by atoms with Crippen molar-refractivity contribution >= 4 is 15.9 Å². The molecule has 1 aliphatic heterocycles. The van der Waals surface area contributed by atoms with Gasteiger partial charge in [0.1, 0.15) is 0 Å². The van der Waals surface area contributed by atoms with E-state index in [2.05, 4.69) is 31.3 Å². The van der Waals surface area contributed by atoms with Crippen LogP contribution in [0.1, 0.15) is 45.6 Å². The number of rotatable bonds is 7. The SMILES string of the molecule is C[C@@H](CC(C)(C)c1ccccc1)NC(=O)[C@@H]1CCCN(S(=O)(=O)c2ccccc2)C1. The molecule has 0 saturated carbocycles. The van der Waals surface area contributed by atoms with Crippen molar-refractivity contribution in [2.24, 2.45) is 5.92 Å². The van der Waals surface area contributed by atoms with Gasteiger partial charge in [-0.05, 0) is 49.3 Å². The Morgan fingerprint density at radius 2 is 1.70 bits per heavy atom. The summed E-state index contributed by atoms with van der Waals surface area (Å²) in [5.74, 6) is -0.376. The molecule has 6 heteroatoms. The van der Waals surface area contributed by atoms with Gasteiger partial charge >= 0.3 is 0 Å². The average Bonchev–Trinajstić information content (AvgIpc) is 2.74. The van der Waals surface area contributed by atoms with E-state index < -0.39 is 10.0 Å². The maximum absolute atomic E-state index is 12.9. The van der Waals surface area contributed by atoms with Crippen molar-refractivity contribution in [3.8, 4) is 0 Å². The third-order valence-electron chi connectivity index (χ3n) is 5.90. The van der Waals surface area contributed by atoms with Crippen LogP contribution in [0.3, 0.4) is 0 Å². The monoisotopic (exact) mass is 428 g/mol. The first-order valence-corrected chi connectivity index (χ1v) is 12.1. The van der Waals surface area contributed by atoms with E-state index in [1.54, 1.807) is 30.3 Å². The lowest BCUT2D eigenvalue weighted by atomic mass is 9.79. The minimum absolute atomic E-state index is 0.00573. The summed E-state index contributed by atoms with van der Waals surface area (Å²) < 4.78 is 27.3. The topological polar surface area (TPSA) is 66.5 Å². The molecule has 1 amide bonds. The van der Waals surface area contributed by atoms with Gasteiger partial charge in [-0.3, -0.25) is 4.79 Å². The summed E-state index contributed by atoms with van der Waals surface area (Å²) in [6.07, 6.45) is 2.21. The molecule has 0 aromatic heterocycles. The predicted octanol–water partition coefficient (Wildman–Crippen LogP) is 3.96. The predicted molar refractivity (Wildman–Crippen MR) is 120 cm³/mol. The first-order chi connectivity index (χ1) is 14.2. The number of amides is 1. The lowest BCUT2D eigenvalue weighted by Gasteiger charge is -2.33. The van der Waals surface area contributed by atoms with E-state index in [1.807, 2.05) is 25.1 Å². The summed E-state index contributed by atoms with van der Waals surface area (Å²) in [6.45, 7) is 7.07. The molecule has 162 valence electrons. The molecule has 1 aliphatic rings. The number of hydrogen-bond acceptors (Lipinski definition) is 3. The van der Waals surface area contributed by atoms with Crippen molar-refractivity contribution < 1.29 is 13.2 Å². The highest BCUT2D eigenvalue weighted by Gasteiger charge is 2.34. The maximum Gasteiger partial charge on any atom is 0.243 e. The van der Waals surface area contributed by atoms with Gasteiger partial charge in [0.25, 0.3) is 0 Å². The molecule has 3 rings (SSSR count). The van der Waals surface area contributed by atoms with Crippen molar-refractivity contribution in [1.29, 1.82) is 0 Å². The van der Waals surface area contributed by atoms with Gasteiger partial charge in [0, 0.05) is 19.1 Å². The van der Waals surface area contributed by atoms with Gasteiger partial charge in [-0.25, -0.2) is 8.42 Å². The summed E-state index contributed by atoms with van der Waals surface area (Å²) in [5.41, 5.74) is 1.17. The van der Waals surface area contributed by atoms with Crippen LogP contribution in [-0.4, -0.2) is 37.8 Å². The largest absolute Gasteiger partial charge is 0.353 e. The molecule has 30 heavy (non-hydrogen) atoms. The number of carbonyl (C=O) groups excluding carboxylic acids is 1. The lowest BCUT2D eigenvalue weighted by Crippen LogP contribution is -2.47. The Balaban J connectivity index is 1.61. The van der Waals surface area contributed by atoms with Crippen LogP contribution < -0.4 is 5.32 Å². The number of nitrogens with zero attached hydrogens (tertiary/aromatic N) is 1. The Labute approximate surface area is 180 Å². The quantitative estimate of drug-likeness (QED) is 0.726. The summed E-state index contributed by atoms with van der Waals surface area (Å²) in [5, 5.41) is 3.13. The van der Waals surface area contributed by atoms with Crippen molar-refractivity contribution in [3.63, 3.8) is 0 Å². The number of sulfonamides is 1. The Kier molecular flexibility index (Phi) is 6.98. The zero-order valence-electron chi connectivity index (χ0n) is 18.0. The van der Waals surface area contributed by atoms with Crippen LogP contribution in [0.4, 0.5) is 0 Å². The van der Waals surface area contributed by atoms with Crippen LogP contribution in [-0.2, 0) is 20.2 Å². The molecule has 2 aromatic rings. The summed E-state index contributed by atoms with van der Waals surface area (Å²) >= 11 is 0. The summed E-state index contributed by atoms with van der Waals surface area (Å²) in [6, 6.07) is 18.7. The minimum Gasteiger partial charge on any atom is -0.353 e. The highest BCUT2D eigenvalue weighted by Crippen LogP contribution is 2.29. The summed E-state index contributed by atoms with van der Waals surface area (Å²) in [4.78, 5) is 13.2. The molecule has 0 aliphatic carbocycles. The van der Waals surface area contributed by atoms with E-state index >= 15 is 0 Å². The van der Waals surface area contributed by atoms with Crippen molar-refractivity contribution in [2.75, 3.05) is 13.1 Å². The van der Waals surface area contributed by atoms with Crippen LogP contribution in [0.15, 0.2) is 65.6 Å². The maximum atomic E-state index is 12.9. The molecule has 0 unspecified atom stereocenters. The number of benzene rings is 2.